The molecule has 1 atom stereocenters. The van der Waals surface area contributed by atoms with Gasteiger partial charge in [-0.1, -0.05) is 18.2 Å². The highest BCUT2D eigenvalue weighted by molar-refractivity contribution is 5.26. The van der Waals surface area contributed by atoms with Crippen LogP contribution in [0.1, 0.15) is 31.7 Å². The average molecular weight is 258 g/mol. The van der Waals surface area contributed by atoms with E-state index in [1.807, 2.05) is 30.3 Å². The number of ether oxygens (including phenoxy) is 2. The van der Waals surface area contributed by atoms with Gasteiger partial charge in [-0.25, -0.2) is 0 Å². The Bertz CT molecular complexity index is 428. The van der Waals surface area contributed by atoms with Gasteiger partial charge in [-0.05, 0) is 37.5 Å². The van der Waals surface area contributed by atoms with Crippen LogP contribution < -0.4 is 4.74 Å². The number of hydrogen-bond donors (Lipinski definition) is 0. The Balaban J connectivity index is 2.59. The Hall–Kier alpha value is -1.72. The first-order chi connectivity index (χ1) is 9.13. The van der Waals surface area contributed by atoms with Gasteiger partial charge >= 0.3 is 0 Å². The summed E-state index contributed by atoms with van der Waals surface area (Å²) >= 11 is 0. The predicted molar refractivity (Wildman–Crippen MR) is 79.1 cm³/mol. The van der Waals surface area contributed by atoms with E-state index in [1.54, 1.807) is 7.11 Å². The summed E-state index contributed by atoms with van der Waals surface area (Å²) in [5.74, 6) is 3.54. The van der Waals surface area contributed by atoms with Crippen LogP contribution in [0, 0.1) is 12.3 Å². The summed E-state index contributed by atoms with van der Waals surface area (Å²) < 4.78 is 11.1. The molecule has 0 aliphatic rings. The molecule has 2 heteroatoms. The van der Waals surface area contributed by atoms with E-state index in [1.165, 1.54) is 0 Å². The van der Waals surface area contributed by atoms with Crippen molar-refractivity contribution in [2.75, 3.05) is 7.11 Å². The molecule has 0 saturated heterocycles. The third-order valence-corrected chi connectivity index (χ3v) is 3.10. The topological polar surface area (TPSA) is 18.5 Å². The molecule has 0 aromatic heterocycles. The Morgan fingerprint density at radius 2 is 2.05 bits per heavy atom. The van der Waals surface area contributed by atoms with Crippen molar-refractivity contribution in [1.29, 1.82) is 0 Å². The van der Waals surface area contributed by atoms with Gasteiger partial charge in [-0.3, -0.25) is 0 Å². The minimum absolute atomic E-state index is 0.289. The van der Waals surface area contributed by atoms with Crippen molar-refractivity contribution >= 4 is 0 Å². The Kier molecular flexibility index (Phi) is 6.18. The Labute approximate surface area is 116 Å². The van der Waals surface area contributed by atoms with Crippen LogP contribution in [-0.4, -0.2) is 12.7 Å². The number of allylic oxidation sites excluding steroid dienone is 1. The molecule has 0 spiro atoms. The zero-order valence-electron chi connectivity index (χ0n) is 11.8. The van der Waals surface area contributed by atoms with E-state index in [9.17, 15) is 0 Å². The highest BCUT2D eigenvalue weighted by atomic mass is 16.5. The van der Waals surface area contributed by atoms with Crippen molar-refractivity contribution in [3.8, 4) is 18.1 Å². The minimum atomic E-state index is -0.289. The number of benzene rings is 1. The van der Waals surface area contributed by atoms with Gasteiger partial charge in [0.15, 0.2) is 0 Å². The summed E-state index contributed by atoms with van der Waals surface area (Å²) in [4.78, 5) is 0. The maximum Gasteiger partial charge on any atom is 0.118 e. The molecule has 1 aromatic rings. The molecule has 0 unspecified atom stereocenters. The number of rotatable bonds is 8. The van der Waals surface area contributed by atoms with E-state index < -0.39 is 0 Å². The Morgan fingerprint density at radius 1 is 1.37 bits per heavy atom. The van der Waals surface area contributed by atoms with Gasteiger partial charge in [-0.2, -0.15) is 0 Å². The van der Waals surface area contributed by atoms with Gasteiger partial charge < -0.3 is 9.47 Å². The molecular weight excluding hydrogens is 236 g/mol. The quantitative estimate of drug-likeness (QED) is 0.519. The first kappa shape index (κ1) is 15.3. The van der Waals surface area contributed by atoms with Crippen LogP contribution in [0.3, 0.4) is 0 Å². The van der Waals surface area contributed by atoms with Crippen molar-refractivity contribution in [3.63, 3.8) is 0 Å². The average Bonchev–Trinajstić information content (AvgIpc) is 2.44. The fraction of sp³-hybridized carbons (Fsp3) is 0.412. The van der Waals surface area contributed by atoms with Gasteiger partial charge in [0.1, 0.15) is 5.75 Å². The molecule has 0 saturated carbocycles. The maximum atomic E-state index is 6.00. The number of terminal acetylenes is 1. The van der Waals surface area contributed by atoms with Crippen LogP contribution in [0.2, 0.25) is 0 Å². The molecule has 0 fully saturated rings. The van der Waals surface area contributed by atoms with Crippen LogP contribution in [0.5, 0.6) is 5.75 Å². The summed E-state index contributed by atoms with van der Waals surface area (Å²) in [5, 5.41) is 0. The highest BCUT2D eigenvalue weighted by Crippen LogP contribution is 2.24. The second kappa shape index (κ2) is 7.66. The molecular formula is C17H22O2. The van der Waals surface area contributed by atoms with Crippen LogP contribution in [-0.2, 0) is 11.3 Å². The van der Waals surface area contributed by atoms with Gasteiger partial charge in [0.2, 0.25) is 0 Å². The SMILES string of the molecule is C#CC[C@](C)(CCC=C)OCc1ccc(OC)cc1. The van der Waals surface area contributed by atoms with Crippen LogP contribution in [0.4, 0.5) is 0 Å². The second-order valence-corrected chi connectivity index (χ2v) is 4.79. The van der Waals surface area contributed by atoms with E-state index in [-0.39, 0.29) is 5.60 Å². The van der Waals surface area contributed by atoms with Gasteiger partial charge in [0, 0.05) is 6.42 Å². The normalized spacial score (nSPS) is 13.3. The molecule has 102 valence electrons. The zero-order chi connectivity index (χ0) is 14.1. The van der Waals surface area contributed by atoms with Crippen LogP contribution in [0.15, 0.2) is 36.9 Å². The minimum Gasteiger partial charge on any atom is -0.497 e. The van der Waals surface area contributed by atoms with E-state index in [4.69, 9.17) is 15.9 Å². The molecule has 0 N–H and O–H groups in total. The fourth-order valence-corrected chi connectivity index (χ4v) is 1.81. The van der Waals surface area contributed by atoms with Crippen molar-refractivity contribution in [2.45, 2.75) is 38.4 Å². The summed E-state index contributed by atoms with van der Waals surface area (Å²) in [5.41, 5.74) is 0.825. The van der Waals surface area contributed by atoms with Gasteiger partial charge in [-0.15, -0.1) is 18.9 Å². The predicted octanol–water partition coefficient (Wildman–Crippen LogP) is 3.96. The van der Waals surface area contributed by atoms with Gasteiger partial charge in [0.25, 0.3) is 0 Å². The summed E-state index contributed by atoms with van der Waals surface area (Å²) in [7, 11) is 1.66. The Morgan fingerprint density at radius 3 is 2.58 bits per heavy atom. The molecule has 1 aromatic carbocycles. The molecule has 2 nitrogen and oxygen atoms in total. The monoisotopic (exact) mass is 258 g/mol. The standard InChI is InChI=1S/C17H22O2/c1-5-7-13-17(3,12-6-2)19-14-15-8-10-16(18-4)11-9-15/h2,5,8-11H,1,7,12-14H2,3-4H3/t17-/m1/s1. The van der Waals surface area contributed by atoms with Crippen LogP contribution in [0.25, 0.3) is 0 Å². The molecule has 0 amide bonds. The molecule has 0 radical (unpaired) electrons. The van der Waals surface area contributed by atoms with E-state index in [0.29, 0.717) is 13.0 Å². The first-order valence-electron chi connectivity index (χ1n) is 6.45. The lowest BCUT2D eigenvalue weighted by Crippen LogP contribution is -2.28. The third kappa shape index (κ3) is 5.19. The zero-order valence-corrected chi connectivity index (χ0v) is 11.8. The van der Waals surface area contributed by atoms with Crippen molar-refractivity contribution < 1.29 is 9.47 Å². The van der Waals surface area contributed by atoms with E-state index in [2.05, 4.69) is 19.4 Å². The lowest BCUT2D eigenvalue weighted by Gasteiger charge is -2.28. The molecule has 0 aliphatic heterocycles. The number of methoxy groups -OCH3 is 1. The third-order valence-electron chi connectivity index (χ3n) is 3.10. The molecule has 0 heterocycles. The first-order valence-corrected chi connectivity index (χ1v) is 6.45. The summed E-state index contributed by atoms with van der Waals surface area (Å²) in [6.45, 7) is 6.35. The summed E-state index contributed by atoms with van der Waals surface area (Å²) in [6, 6.07) is 7.87. The smallest absolute Gasteiger partial charge is 0.118 e. The van der Waals surface area contributed by atoms with Crippen molar-refractivity contribution in [2.24, 2.45) is 0 Å². The van der Waals surface area contributed by atoms with Crippen molar-refractivity contribution in [1.82, 2.24) is 0 Å². The van der Waals surface area contributed by atoms with Gasteiger partial charge in [0.05, 0.1) is 19.3 Å². The molecule has 0 aliphatic carbocycles. The molecule has 19 heavy (non-hydrogen) atoms. The molecule has 0 bridgehead atoms. The number of hydrogen-bond acceptors (Lipinski definition) is 2. The maximum absolute atomic E-state index is 6.00. The van der Waals surface area contributed by atoms with E-state index >= 15 is 0 Å². The lowest BCUT2D eigenvalue weighted by atomic mass is 9.96. The highest BCUT2D eigenvalue weighted by Gasteiger charge is 2.23. The fourth-order valence-electron chi connectivity index (χ4n) is 1.81. The van der Waals surface area contributed by atoms with E-state index in [0.717, 1.165) is 24.2 Å². The summed E-state index contributed by atoms with van der Waals surface area (Å²) in [6.07, 6.45) is 9.71. The largest absolute Gasteiger partial charge is 0.497 e. The lowest BCUT2D eigenvalue weighted by molar-refractivity contribution is -0.0446. The van der Waals surface area contributed by atoms with Crippen molar-refractivity contribution in [3.05, 3.63) is 42.5 Å². The molecule has 1 rings (SSSR count). The second-order valence-electron chi connectivity index (χ2n) is 4.79. The van der Waals surface area contributed by atoms with Crippen LogP contribution >= 0.6 is 0 Å².